The van der Waals surface area contributed by atoms with Crippen LogP contribution in [0.25, 0.3) is 11.1 Å². The maximum Gasteiger partial charge on any atom is 0.159 e. The summed E-state index contributed by atoms with van der Waals surface area (Å²) in [5.41, 5.74) is 3.91. The first-order valence-electron chi connectivity index (χ1n) is 9.36. The Kier molecular flexibility index (Phi) is 4.05. The minimum absolute atomic E-state index is 0.178. The van der Waals surface area contributed by atoms with E-state index in [1.807, 2.05) is 35.9 Å². The first kappa shape index (κ1) is 17.4. The van der Waals surface area contributed by atoms with Crippen molar-refractivity contribution in [1.29, 1.82) is 0 Å². The predicted octanol–water partition coefficient (Wildman–Crippen LogP) is 5.41. The quantitative estimate of drug-likeness (QED) is 0.511. The van der Waals surface area contributed by atoms with Crippen LogP contribution in [0, 0.1) is 12.7 Å². The molecule has 0 saturated carbocycles. The maximum absolute atomic E-state index is 13.5. The molecule has 4 aromatic rings. The Balaban J connectivity index is 1.74. The summed E-state index contributed by atoms with van der Waals surface area (Å²) >= 11 is 0. The van der Waals surface area contributed by atoms with E-state index in [0.717, 1.165) is 28.3 Å². The second kappa shape index (κ2) is 6.74. The number of nitrogens with zero attached hydrogens (tertiary/aromatic N) is 3. The number of aliphatic imine (C=N–C) groups is 1. The van der Waals surface area contributed by atoms with Crippen LogP contribution in [-0.2, 0) is 0 Å². The fourth-order valence-electron chi connectivity index (χ4n) is 3.85. The molecule has 1 atom stereocenters. The highest BCUT2D eigenvalue weighted by Crippen LogP contribution is 2.42. The zero-order valence-corrected chi connectivity index (χ0v) is 15.7. The standard InChI is InChI=1S/C23H18FN3O2/c1-14-22(15-8-10-16(24)11-9-15)23-25-18(17-5-2-3-6-20(17)28)13-19(27(23)26-14)21-7-4-12-29-21/h2-12,19,28H,13H2,1H3/t19-/m1/s1. The van der Waals surface area contributed by atoms with Crippen LogP contribution in [0.3, 0.4) is 0 Å². The van der Waals surface area contributed by atoms with Crippen molar-refractivity contribution in [3.05, 3.63) is 89.8 Å². The van der Waals surface area contributed by atoms with E-state index in [9.17, 15) is 9.50 Å². The number of benzene rings is 2. The van der Waals surface area contributed by atoms with Crippen molar-refractivity contribution in [1.82, 2.24) is 9.78 Å². The van der Waals surface area contributed by atoms with Gasteiger partial charge in [-0.25, -0.2) is 14.1 Å². The molecule has 5 rings (SSSR count). The van der Waals surface area contributed by atoms with Gasteiger partial charge >= 0.3 is 0 Å². The van der Waals surface area contributed by atoms with Crippen molar-refractivity contribution < 1.29 is 13.9 Å². The Labute approximate surface area is 166 Å². The first-order chi connectivity index (χ1) is 14.1. The highest BCUT2D eigenvalue weighted by atomic mass is 19.1. The fourth-order valence-corrected chi connectivity index (χ4v) is 3.85. The number of fused-ring (bicyclic) bond motifs is 1. The zero-order valence-electron chi connectivity index (χ0n) is 15.7. The summed E-state index contributed by atoms with van der Waals surface area (Å²) < 4.78 is 21.0. The van der Waals surface area contributed by atoms with Crippen molar-refractivity contribution in [2.45, 2.75) is 19.4 Å². The molecule has 5 nitrogen and oxygen atoms in total. The lowest BCUT2D eigenvalue weighted by atomic mass is 9.98. The van der Waals surface area contributed by atoms with E-state index >= 15 is 0 Å². The van der Waals surface area contributed by atoms with E-state index in [2.05, 4.69) is 0 Å². The van der Waals surface area contributed by atoms with Crippen molar-refractivity contribution in [3.8, 4) is 16.9 Å². The summed E-state index contributed by atoms with van der Waals surface area (Å²) in [5.74, 6) is 1.32. The SMILES string of the molecule is Cc1nn2c(c1-c1ccc(F)cc1)N=C(c1ccccc1O)C[C@@H]2c1ccco1. The summed E-state index contributed by atoms with van der Waals surface area (Å²) in [7, 11) is 0. The molecule has 3 heterocycles. The summed E-state index contributed by atoms with van der Waals surface area (Å²) in [6.45, 7) is 1.92. The van der Waals surface area contributed by atoms with Crippen LogP contribution in [0.4, 0.5) is 10.2 Å². The molecule has 0 unspecified atom stereocenters. The minimum Gasteiger partial charge on any atom is -0.507 e. The molecule has 2 aromatic heterocycles. The molecule has 0 spiro atoms. The van der Waals surface area contributed by atoms with Crippen molar-refractivity contribution in [2.24, 2.45) is 4.99 Å². The Morgan fingerprint density at radius 1 is 1.07 bits per heavy atom. The smallest absolute Gasteiger partial charge is 0.159 e. The molecule has 0 aliphatic carbocycles. The second-order valence-electron chi connectivity index (χ2n) is 7.05. The third kappa shape index (κ3) is 2.93. The van der Waals surface area contributed by atoms with E-state index in [-0.39, 0.29) is 17.6 Å². The van der Waals surface area contributed by atoms with E-state index in [4.69, 9.17) is 14.5 Å². The van der Waals surface area contributed by atoms with Crippen molar-refractivity contribution in [3.63, 3.8) is 0 Å². The van der Waals surface area contributed by atoms with Crippen LogP contribution in [0.5, 0.6) is 5.75 Å². The number of aromatic nitrogens is 2. The summed E-state index contributed by atoms with van der Waals surface area (Å²) in [6, 6.07) is 17.0. The van der Waals surface area contributed by atoms with Gasteiger partial charge in [0.05, 0.1) is 17.7 Å². The van der Waals surface area contributed by atoms with Gasteiger partial charge in [-0.2, -0.15) is 5.10 Å². The molecular formula is C23H18FN3O2. The highest BCUT2D eigenvalue weighted by molar-refractivity contribution is 6.05. The van der Waals surface area contributed by atoms with Crippen molar-refractivity contribution >= 4 is 11.5 Å². The summed E-state index contributed by atoms with van der Waals surface area (Å²) in [6.07, 6.45) is 2.17. The zero-order chi connectivity index (χ0) is 20.0. The number of para-hydroxylation sites is 1. The Morgan fingerprint density at radius 3 is 2.59 bits per heavy atom. The van der Waals surface area contributed by atoms with Crippen LogP contribution < -0.4 is 0 Å². The van der Waals surface area contributed by atoms with Gasteiger partial charge in [0.1, 0.15) is 23.4 Å². The Morgan fingerprint density at radius 2 is 1.86 bits per heavy atom. The average Bonchev–Trinajstić information content (AvgIpc) is 3.36. The number of halogens is 1. The van der Waals surface area contributed by atoms with Gasteiger partial charge in [0.25, 0.3) is 0 Å². The molecule has 2 aromatic carbocycles. The Hall–Kier alpha value is -3.67. The van der Waals surface area contributed by atoms with E-state index in [0.29, 0.717) is 17.8 Å². The lowest BCUT2D eigenvalue weighted by Gasteiger charge is -2.23. The predicted molar refractivity (Wildman–Crippen MR) is 108 cm³/mol. The number of aryl methyl sites for hydroxylation is 1. The second-order valence-corrected chi connectivity index (χ2v) is 7.05. The monoisotopic (exact) mass is 387 g/mol. The van der Waals surface area contributed by atoms with Crippen LogP contribution in [0.1, 0.15) is 29.5 Å². The van der Waals surface area contributed by atoms with Crippen LogP contribution in [-0.4, -0.2) is 20.6 Å². The largest absolute Gasteiger partial charge is 0.507 e. The molecule has 1 N–H and O–H groups in total. The summed E-state index contributed by atoms with van der Waals surface area (Å²) in [4.78, 5) is 4.88. The van der Waals surface area contributed by atoms with Crippen LogP contribution in [0.2, 0.25) is 0 Å². The number of phenolic OH excluding ortho intramolecular Hbond substituents is 1. The average molecular weight is 387 g/mol. The Bertz CT molecular complexity index is 1210. The molecule has 1 aliphatic rings. The molecule has 1 aliphatic heterocycles. The number of rotatable bonds is 3. The molecular weight excluding hydrogens is 369 g/mol. The van der Waals surface area contributed by atoms with Gasteiger partial charge in [0.15, 0.2) is 5.82 Å². The molecule has 0 saturated heterocycles. The van der Waals surface area contributed by atoms with Crippen LogP contribution >= 0.6 is 0 Å². The van der Waals surface area contributed by atoms with Crippen molar-refractivity contribution in [2.75, 3.05) is 0 Å². The highest BCUT2D eigenvalue weighted by Gasteiger charge is 2.31. The van der Waals surface area contributed by atoms with Gasteiger partial charge in [-0.1, -0.05) is 24.3 Å². The van der Waals surface area contributed by atoms with Gasteiger partial charge in [-0.05, 0) is 48.9 Å². The molecule has 29 heavy (non-hydrogen) atoms. The molecule has 0 radical (unpaired) electrons. The van der Waals surface area contributed by atoms with Crippen LogP contribution in [0.15, 0.2) is 76.3 Å². The van der Waals surface area contributed by atoms with Gasteiger partial charge in [-0.3, -0.25) is 0 Å². The first-order valence-corrected chi connectivity index (χ1v) is 9.36. The third-order valence-corrected chi connectivity index (χ3v) is 5.20. The van der Waals surface area contributed by atoms with Gasteiger partial charge < -0.3 is 9.52 Å². The normalized spacial score (nSPS) is 15.8. The van der Waals surface area contributed by atoms with Gasteiger partial charge in [-0.15, -0.1) is 0 Å². The lowest BCUT2D eigenvalue weighted by Crippen LogP contribution is -2.21. The van der Waals surface area contributed by atoms with Gasteiger partial charge in [0.2, 0.25) is 0 Å². The van der Waals surface area contributed by atoms with E-state index < -0.39 is 0 Å². The number of hydrogen-bond acceptors (Lipinski definition) is 4. The maximum atomic E-state index is 13.5. The van der Waals surface area contributed by atoms with E-state index in [1.54, 1.807) is 30.5 Å². The molecule has 0 bridgehead atoms. The fraction of sp³-hybridized carbons (Fsp3) is 0.130. The number of hydrogen-bond donors (Lipinski definition) is 1. The number of furan rings is 1. The molecule has 144 valence electrons. The molecule has 0 fully saturated rings. The molecule has 0 amide bonds. The lowest BCUT2D eigenvalue weighted by molar-refractivity contribution is 0.409. The topological polar surface area (TPSA) is 63.5 Å². The number of aromatic hydroxyl groups is 1. The number of phenols is 1. The van der Waals surface area contributed by atoms with Gasteiger partial charge in [0, 0.05) is 17.5 Å². The molecule has 6 heteroatoms. The van der Waals surface area contributed by atoms with E-state index in [1.165, 1.54) is 12.1 Å². The third-order valence-electron chi connectivity index (χ3n) is 5.20. The minimum atomic E-state index is -0.292. The summed E-state index contributed by atoms with van der Waals surface area (Å²) in [5, 5.41) is 15.1.